The molecule has 27 heavy (non-hydrogen) atoms. The Hall–Kier alpha value is -2.42. The molecule has 1 fully saturated rings. The van der Waals surface area contributed by atoms with Crippen LogP contribution in [0.2, 0.25) is 0 Å². The van der Waals surface area contributed by atoms with Crippen LogP contribution in [0.4, 0.5) is 18.9 Å². The first-order valence-corrected chi connectivity index (χ1v) is 8.99. The number of aliphatic hydroxyl groups excluding tert-OH is 1. The molecule has 0 saturated carbocycles. The van der Waals surface area contributed by atoms with Crippen molar-refractivity contribution >= 4 is 22.2 Å². The number of rotatable bonds is 3. The van der Waals surface area contributed by atoms with Gasteiger partial charge in [0.2, 0.25) is 0 Å². The Bertz CT molecular complexity index is 986. The molecule has 3 atom stereocenters. The third-order valence-corrected chi connectivity index (χ3v) is 5.44. The van der Waals surface area contributed by atoms with Crippen LogP contribution in [0.1, 0.15) is 38.7 Å². The molecule has 0 aliphatic carbocycles. The molecule has 0 spiro atoms. The number of tetrazole rings is 1. The van der Waals surface area contributed by atoms with Crippen molar-refractivity contribution < 1.29 is 18.3 Å². The van der Waals surface area contributed by atoms with Gasteiger partial charge in [0, 0.05) is 17.1 Å². The van der Waals surface area contributed by atoms with Crippen molar-refractivity contribution in [1.82, 2.24) is 20.0 Å². The zero-order chi connectivity index (χ0) is 19.3. The van der Waals surface area contributed by atoms with Crippen molar-refractivity contribution in [3.8, 4) is 0 Å². The average molecular weight is 379 g/mol. The van der Waals surface area contributed by atoms with Crippen LogP contribution in [-0.4, -0.2) is 43.3 Å². The third-order valence-electron chi connectivity index (χ3n) is 5.44. The van der Waals surface area contributed by atoms with Gasteiger partial charge in [-0.2, -0.15) is 17.7 Å². The second kappa shape index (κ2) is 6.33. The highest BCUT2D eigenvalue weighted by Gasteiger charge is 2.37. The van der Waals surface area contributed by atoms with E-state index in [1.165, 1.54) is 10.6 Å². The number of hydrogen-bond acceptors (Lipinski definition) is 5. The summed E-state index contributed by atoms with van der Waals surface area (Å²) in [5.41, 5.74) is 0.258. The van der Waals surface area contributed by atoms with Gasteiger partial charge in [-0.25, -0.2) is 0 Å². The van der Waals surface area contributed by atoms with Gasteiger partial charge in [0.1, 0.15) is 0 Å². The molecule has 0 bridgehead atoms. The lowest BCUT2D eigenvalue weighted by molar-refractivity contribution is -0.136. The van der Waals surface area contributed by atoms with E-state index < -0.39 is 17.8 Å². The summed E-state index contributed by atoms with van der Waals surface area (Å²) in [7, 11) is 0. The summed E-state index contributed by atoms with van der Waals surface area (Å²) in [6.07, 6.45) is -2.75. The zero-order valence-electron chi connectivity index (χ0n) is 15.0. The fourth-order valence-electron chi connectivity index (χ4n) is 4.09. The van der Waals surface area contributed by atoms with Crippen LogP contribution in [-0.2, 0) is 6.18 Å². The Labute approximate surface area is 153 Å². The Morgan fingerprint density at radius 3 is 2.74 bits per heavy atom. The van der Waals surface area contributed by atoms with Crippen LogP contribution >= 0.6 is 0 Å². The number of anilines is 1. The molecule has 0 radical (unpaired) electrons. The first kappa shape index (κ1) is 18.0. The monoisotopic (exact) mass is 379 g/mol. The van der Waals surface area contributed by atoms with E-state index in [0.29, 0.717) is 17.6 Å². The number of benzene rings is 1. The average Bonchev–Trinajstić information content (AvgIpc) is 3.25. The van der Waals surface area contributed by atoms with Gasteiger partial charge in [0.25, 0.3) is 0 Å². The molecule has 1 aliphatic heterocycles. The Morgan fingerprint density at radius 2 is 2.04 bits per heavy atom. The normalized spacial score (nSPS) is 22.1. The molecule has 2 aromatic heterocycles. The second-order valence-corrected chi connectivity index (χ2v) is 7.08. The minimum Gasteiger partial charge on any atom is -0.391 e. The molecule has 1 aromatic carbocycles. The van der Waals surface area contributed by atoms with Crippen molar-refractivity contribution in [2.75, 3.05) is 4.90 Å². The van der Waals surface area contributed by atoms with Crippen molar-refractivity contribution in [3.63, 3.8) is 0 Å². The molecule has 6 nitrogen and oxygen atoms in total. The van der Waals surface area contributed by atoms with Crippen LogP contribution in [0.3, 0.4) is 0 Å². The van der Waals surface area contributed by atoms with Crippen molar-refractivity contribution in [2.45, 2.75) is 57.5 Å². The Morgan fingerprint density at radius 1 is 1.26 bits per heavy atom. The van der Waals surface area contributed by atoms with Gasteiger partial charge in [-0.05, 0) is 60.9 Å². The molecule has 1 saturated heterocycles. The topological polar surface area (TPSA) is 66.5 Å². The molecule has 1 aliphatic rings. The second-order valence-electron chi connectivity index (χ2n) is 7.08. The van der Waals surface area contributed by atoms with E-state index in [-0.39, 0.29) is 23.1 Å². The quantitative estimate of drug-likeness (QED) is 0.755. The lowest BCUT2D eigenvalue weighted by Crippen LogP contribution is -2.42. The highest BCUT2D eigenvalue weighted by molar-refractivity contribution is 5.89. The molecule has 144 valence electrons. The molecular formula is C18H20F3N5O. The lowest BCUT2D eigenvalue weighted by atomic mass is 10.0. The maximum absolute atomic E-state index is 13.7. The summed E-state index contributed by atoms with van der Waals surface area (Å²) >= 11 is 0. The van der Waals surface area contributed by atoms with Crippen molar-refractivity contribution in [2.24, 2.45) is 0 Å². The van der Waals surface area contributed by atoms with Gasteiger partial charge in [0.15, 0.2) is 5.65 Å². The standard InChI is InChI=1S/C18H20F3N5O/c1-3-16(27)15-6-4-10(2)25(15)11-5-7-14-12(8-11)13(18(19,20)21)9-17-22-23-24-26(14)17/h5,7-10,15-16,27H,3-4,6H2,1-2H3/t10-,15-,16?/m1/s1. The number of halogens is 3. The van der Waals surface area contributed by atoms with E-state index in [1.54, 1.807) is 12.1 Å². The summed E-state index contributed by atoms with van der Waals surface area (Å²) < 4.78 is 42.3. The number of pyridine rings is 1. The number of fused-ring (bicyclic) bond motifs is 3. The number of alkyl halides is 3. The zero-order valence-corrected chi connectivity index (χ0v) is 15.0. The number of hydrogen-bond donors (Lipinski definition) is 1. The Balaban J connectivity index is 1.92. The van der Waals surface area contributed by atoms with Gasteiger partial charge in [0.05, 0.1) is 23.2 Å². The van der Waals surface area contributed by atoms with Crippen LogP contribution in [0.5, 0.6) is 0 Å². The predicted molar refractivity (Wildman–Crippen MR) is 94.6 cm³/mol. The minimum absolute atomic E-state index is 0.0450. The summed E-state index contributed by atoms with van der Waals surface area (Å²) in [6, 6.07) is 5.94. The molecule has 4 rings (SSSR count). The fraction of sp³-hybridized carbons (Fsp3) is 0.500. The van der Waals surface area contributed by atoms with Crippen LogP contribution in [0, 0.1) is 0 Å². The lowest BCUT2D eigenvalue weighted by Gasteiger charge is -2.33. The molecule has 3 aromatic rings. The van der Waals surface area contributed by atoms with Crippen molar-refractivity contribution in [3.05, 3.63) is 29.8 Å². The number of aliphatic hydroxyl groups is 1. The number of aromatic nitrogens is 4. The molecule has 1 N–H and O–H groups in total. The van der Waals surface area contributed by atoms with E-state index in [9.17, 15) is 18.3 Å². The molecular weight excluding hydrogens is 359 g/mol. The van der Waals surface area contributed by atoms with Gasteiger partial charge in [-0.3, -0.25) is 0 Å². The number of nitrogens with zero attached hydrogens (tertiary/aromatic N) is 5. The summed E-state index contributed by atoms with van der Waals surface area (Å²) in [5, 5.41) is 21.4. The van der Waals surface area contributed by atoms with E-state index >= 15 is 0 Å². The minimum atomic E-state index is -4.52. The first-order valence-electron chi connectivity index (χ1n) is 8.99. The Kier molecular flexibility index (Phi) is 4.21. The summed E-state index contributed by atoms with van der Waals surface area (Å²) in [5.74, 6) is 0. The SMILES string of the molecule is CCC(O)[C@H]1CC[C@@H](C)N1c1ccc2c(c1)c(C(F)(F)F)cc1nnnn12. The van der Waals surface area contributed by atoms with Gasteiger partial charge >= 0.3 is 6.18 Å². The smallest absolute Gasteiger partial charge is 0.391 e. The van der Waals surface area contributed by atoms with Gasteiger partial charge in [-0.1, -0.05) is 6.92 Å². The van der Waals surface area contributed by atoms with Crippen LogP contribution in [0.15, 0.2) is 24.3 Å². The first-order chi connectivity index (χ1) is 12.8. The maximum atomic E-state index is 13.7. The van der Waals surface area contributed by atoms with E-state index in [2.05, 4.69) is 15.5 Å². The van der Waals surface area contributed by atoms with E-state index in [1.807, 2.05) is 18.7 Å². The fourth-order valence-corrected chi connectivity index (χ4v) is 4.09. The van der Waals surface area contributed by atoms with Crippen LogP contribution < -0.4 is 4.90 Å². The van der Waals surface area contributed by atoms with Crippen molar-refractivity contribution in [1.29, 1.82) is 0 Å². The van der Waals surface area contributed by atoms with Crippen LogP contribution in [0.25, 0.3) is 16.6 Å². The van der Waals surface area contributed by atoms with Gasteiger partial charge in [-0.15, -0.1) is 5.10 Å². The summed E-state index contributed by atoms with van der Waals surface area (Å²) in [6.45, 7) is 3.93. The largest absolute Gasteiger partial charge is 0.417 e. The van der Waals surface area contributed by atoms with E-state index in [4.69, 9.17) is 0 Å². The third kappa shape index (κ3) is 2.90. The molecule has 9 heteroatoms. The maximum Gasteiger partial charge on any atom is 0.417 e. The highest BCUT2D eigenvalue weighted by Crippen LogP contribution is 2.39. The van der Waals surface area contributed by atoms with Gasteiger partial charge < -0.3 is 10.0 Å². The summed E-state index contributed by atoms with van der Waals surface area (Å²) in [4.78, 5) is 2.04. The molecule has 1 unspecified atom stereocenters. The molecule has 0 amide bonds. The predicted octanol–water partition coefficient (Wildman–Crippen LogP) is 3.42. The molecule has 3 heterocycles. The highest BCUT2D eigenvalue weighted by atomic mass is 19.4. The van der Waals surface area contributed by atoms with E-state index in [0.717, 1.165) is 18.9 Å².